The molecule has 4 N–H and O–H groups in total. The Bertz CT molecular complexity index is 1590. The van der Waals surface area contributed by atoms with Crippen LogP contribution in [0.2, 0.25) is 0 Å². The van der Waals surface area contributed by atoms with Crippen molar-refractivity contribution in [3.05, 3.63) is 66.3 Å². The Labute approximate surface area is 260 Å². The molecule has 6 rings (SSSR count). The second-order valence-corrected chi connectivity index (χ2v) is 12.4. The van der Waals surface area contributed by atoms with Gasteiger partial charge in [0.2, 0.25) is 5.91 Å². The molecule has 1 aromatic carbocycles. The van der Waals surface area contributed by atoms with Gasteiger partial charge in [-0.15, -0.1) is 11.3 Å². The molecule has 0 bridgehead atoms. The molecule has 2 atom stereocenters. The highest BCUT2D eigenvalue weighted by molar-refractivity contribution is 7.23. The predicted octanol–water partition coefficient (Wildman–Crippen LogP) is 5.17. The van der Waals surface area contributed by atoms with Crippen molar-refractivity contribution in [1.82, 2.24) is 25.8 Å². The van der Waals surface area contributed by atoms with Crippen LogP contribution in [0.4, 0.5) is 19.9 Å². The molecule has 12 heteroatoms. The zero-order valence-corrected chi connectivity index (χ0v) is 25.8. The van der Waals surface area contributed by atoms with Crippen LogP contribution in [0.5, 0.6) is 11.5 Å². The Morgan fingerprint density at radius 2 is 2.02 bits per heavy atom. The van der Waals surface area contributed by atoms with E-state index in [-0.39, 0.29) is 35.8 Å². The van der Waals surface area contributed by atoms with Crippen molar-refractivity contribution in [3.8, 4) is 11.5 Å². The summed E-state index contributed by atoms with van der Waals surface area (Å²) in [6, 6.07) is 8.03. The number of piperidine rings is 1. The van der Waals surface area contributed by atoms with E-state index in [4.69, 9.17) is 4.74 Å². The third-order valence-corrected chi connectivity index (χ3v) is 9.25. The van der Waals surface area contributed by atoms with Gasteiger partial charge in [-0.25, -0.2) is 9.18 Å². The van der Waals surface area contributed by atoms with E-state index in [0.717, 1.165) is 60.5 Å². The van der Waals surface area contributed by atoms with E-state index in [9.17, 15) is 14.0 Å². The van der Waals surface area contributed by atoms with Crippen LogP contribution in [0.25, 0.3) is 10.2 Å². The zero-order chi connectivity index (χ0) is 30.6. The second-order valence-electron chi connectivity index (χ2n) is 11.4. The maximum Gasteiger partial charge on any atom is 0.319 e. The van der Waals surface area contributed by atoms with Crippen LogP contribution in [0.3, 0.4) is 0 Å². The number of urea groups is 1. The molecule has 4 heterocycles. The first-order valence-electron chi connectivity index (χ1n) is 15.2. The van der Waals surface area contributed by atoms with E-state index in [1.54, 1.807) is 29.7 Å². The van der Waals surface area contributed by atoms with Crippen LogP contribution in [-0.2, 0) is 4.79 Å². The fraction of sp³-hybridized carbons (Fsp3) is 0.406. The summed E-state index contributed by atoms with van der Waals surface area (Å²) < 4.78 is 21.8. The number of aromatic nitrogens is 1. The molecule has 44 heavy (non-hydrogen) atoms. The molecule has 232 valence electrons. The van der Waals surface area contributed by atoms with Crippen molar-refractivity contribution < 1.29 is 18.7 Å². The van der Waals surface area contributed by atoms with Crippen molar-refractivity contribution in [3.63, 3.8) is 0 Å². The van der Waals surface area contributed by atoms with Crippen LogP contribution in [0, 0.1) is 11.7 Å². The number of nitrogens with zero attached hydrogens (tertiary/aromatic N) is 3. The summed E-state index contributed by atoms with van der Waals surface area (Å²) in [6.45, 7) is 4.93. The number of hydrogen-bond acceptors (Lipinski definition) is 8. The molecule has 2 aromatic heterocycles. The molecule has 2 aliphatic heterocycles. The molecule has 0 spiro atoms. The first kappa shape index (κ1) is 30.0. The highest BCUT2D eigenvalue weighted by Crippen LogP contribution is 2.40. The van der Waals surface area contributed by atoms with Gasteiger partial charge in [0.05, 0.1) is 21.4 Å². The number of nitrogens with one attached hydrogen (secondary N) is 4. The molecule has 3 aromatic rings. The molecule has 1 saturated carbocycles. The molecular formula is C32H38FN7O3S. The molecule has 3 aliphatic rings. The van der Waals surface area contributed by atoms with E-state index in [2.05, 4.69) is 54.4 Å². The lowest BCUT2D eigenvalue weighted by atomic mass is 9.93. The maximum atomic E-state index is 15.0. The lowest BCUT2D eigenvalue weighted by Crippen LogP contribution is -2.52. The lowest BCUT2D eigenvalue weighted by Gasteiger charge is -2.39. The lowest BCUT2D eigenvalue weighted by molar-refractivity contribution is -0.127. The average Bonchev–Trinajstić information content (AvgIpc) is 3.72. The summed E-state index contributed by atoms with van der Waals surface area (Å²) >= 11 is 1.54. The number of rotatable bonds is 10. The summed E-state index contributed by atoms with van der Waals surface area (Å²) in [5.74, 6) is 0.182. The Morgan fingerprint density at radius 1 is 1.16 bits per heavy atom. The Kier molecular flexibility index (Phi) is 9.10. The van der Waals surface area contributed by atoms with Gasteiger partial charge in [-0.2, -0.15) is 0 Å². The van der Waals surface area contributed by atoms with Crippen LogP contribution in [0.1, 0.15) is 32.6 Å². The number of amides is 3. The maximum absolute atomic E-state index is 15.0. The van der Waals surface area contributed by atoms with Gasteiger partial charge < -0.3 is 30.9 Å². The number of anilines is 2. The minimum absolute atomic E-state index is 0.0278. The summed E-state index contributed by atoms with van der Waals surface area (Å²) in [7, 11) is 1.95. The predicted molar refractivity (Wildman–Crippen MR) is 172 cm³/mol. The second kappa shape index (κ2) is 13.3. The number of benzene rings is 1. The summed E-state index contributed by atoms with van der Waals surface area (Å²) in [6.07, 6.45) is 11.8. The van der Waals surface area contributed by atoms with Crippen LogP contribution in [-0.4, -0.2) is 67.3 Å². The summed E-state index contributed by atoms with van der Waals surface area (Å²) in [4.78, 5) is 33.6. The molecule has 2 unspecified atom stereocenters. The first-order valence-corrected chi connectivity index (χ1v) is 16.0. The minimum Gasteiger partial charge on any atom is -0.453 e. The fourth-order valence-corrected chi connectivity index (χ4v) is 6.69. The highest BCUT2D eigenvalue weighted by atomic mass is 32.1. The van der Waals surface area contributed by atoms with Gasteiger partial charge in [-0.05, 0) is 63.4 Å². The van der Waals surface area contributed by atoms with E-state index in [0.29, 0.717) is 18.0 Å². The number of hydrogen-bond donors (Lipinski definition) is 4. The van der Waals surface area contributed by atoms with Gasteiger partial charge in [-0.1, -0.05) is 12.2 Å². The summed E-state index contributed by atoms with van der Waals surface area (Å²) in [5, 5.41) is 12.9. The molecule has 1 aliphatic carbocycles. The number of halogens is 1. The monoisotopic (exact) mass is 619 g/mol. The van der Waals surface area contributed by atoms with Crippen molar-refractivity contribution in [2.24, 2.45) is 5.92 Å². The van der Waals surface area contributed by atoms with Crippen LogP contribution >= 0.6 is 11.3 Å². The van der Waals surface area contributed by atoms with Crippen molar-refractivity contribution in [1.29, 1.82) is 0 Å². The number of pyridine rings is 1. The third kappa shape index (κ3) is 7.03. The van der Waals surface area contributed by atoms with E-state index in [1.165, 1.54) is 17.7 Å². The van der Waals surface area contributed by atoms with Gasteiger partial charge >= 0.3 is 6.03 Å². The van der Waals surface area contributed by atoms with Crippen LogP contribution < -0.4 is 30.9 Å². The number of carbonyl (C=O) groups excluding carboxylic acids is 2. The number of ether oxygens (including phenoxy) is 1. The van der Waals surface area contributed by atoms with E-state index >= 15 is 0 Å². The zero-order valence-electron chi connectivity index (χ0n) is 24.9. The molecule has 3 amide bonds. The average molecular weight is 620 g/mol. The first-order chi connectivity index (χ1) is 21.4. The smallest absolute Gasteiger partial charge is 0.319 e. The SMILES string of the molecule is CCNC(=O)C1CCN(CC2=CN(c3cc4nccc(Oc5ccc(NC(=O)NC6CC6)cc5F)c4s3)CC=C2)C(NC)C1. The molecule has 2 fully saturated rings. The van der Waals surface area contributed by atoms with Crippen molar-refractivity contribution in [2.45, 2.75) is 44.8 Å². The Balaban J connectivity index is 1.13. The third-order valence-electron chi connectivity index (χ3n) is 8.08. The Hall–Kier alpha value is -4.00. The van der Waals surface area contributed by atoms with Crippen LogP contribution in [0.15, 0.2) is 60.5 Å². The topological polar surface area (TPSA) is 111 Å². The number of likely N-dealkylation sites (tertiary alicyclic amines) is 1. The normalized spacial score (nSPS) is 20.3. The standard InChI is InChI=1S/C32H38FN7O3S/c1-3-35-31(41)21-11-14-39(28(15-21)34-2)18-20-5-4-13-40(19-20)29-17-25-30(44-29)27(10-12-36-25)43-26-9-8-23(16-24(26)33)38-32(42)37-22-6-7-22/h4-5,8-10,12,16-17,19,21-22,28,34H,3,6-7,11,13-15,18H2,1-2H3,(H,35,41)(H2,37,38,42). The molecule has 10 nitrogen and oxygen atoms in total. The van der Waals surface area contributed by atoms with Gasteiger partial charge in [0.1, 0.15) is 5.75 Å². The van der Waals surface area contributed by atoms with Gasteiger partial charge in [0.15, 0.2) is 11.6 Å². The van der Waals surface area contributed by atoms with Crippen molar-refractivity contribution >= 4 is 44.2 Å². The minimum atomic E-state index is -0.570. The van der Waals surface area contributed by atoms with E-state index in [1.807, 2.05) is 20.0 Å². The van der Waals surface area contributed by atoms with E-state index < -0.39 is 5.82 Å². The van der Waals surface area contributed by atoms with Gasteiger partial charge in [0.25, 0.3) is 0 Å². The number of thiophene rings is 1. The quantitative estimate of drug-likeness (QED) is 0.248. The number of fused-ring (bicyclic) bond motifs is 1. The summed E-state index contributed by atoms with van der Waals surface area (Å²) in [5.41, 5.74) is 2.31. The molecular weight excluding hydrogens is 581 g/mol. The Morgan fingerprint density at radius 3 is 2.80 bits per heavy atom. The fourth-order valence-electron chi connectivity index (χ4n) is 5.64. The highest BCUT2D eigenvalue weighted by Gasteiger charge is 2.31. The van der Waals surface area contributed by atoms with Gasteiger partial charge in [-0.3, -0.25) is 14.7 Å². The molecule has 1 saturated heterocycles. The number of carbonyl (C=O) groups is 2. The van der Waals surface area contributed by atoms with Crippen molar-refractivity contribution in [2.75, 3.05) is 43.4 Å². The van der Waals surface area contributed by atoms with Gasteiger partial charge in [0, 0.05) is 68.4 Å². The molecule has 0 radical (unpaired) electrons. The largest absolute Gasteiger partial charge is 0.453 e.